The third-order valence-corrected chi connectivity index (χ3v) is 9.47. The molecule has 0 spiro atoms. The minimum absolute atomic E-state index is 0. The van der Waals surface area contributed by atoms with Crippen LogP contribution >= 0.6 is 15.2 Å². The average Bonchev–Trinajstić information content (AvgIpc) is 2.83. The van der Waals surface area contributed by atoms with Gasteiger partial charge < -0.3 is 38.9 Å². The first kappa shape index (κ1) is 48.3. The summed E-state index contributed by atoms with van der Waals surface area (Å²) >= 11 is 0. The third kappa shape index (κ3) is 12.8. The molecular weight excluding hydrogens is 647 g/mol. The first-order chi connectivity index (χ1) is 19.4. The first-order valence-corrected chi connectivity index (χ1v) is 18.4. The maximum absolute atomic E-state index is 11.2. The molecule has 2 aromatic rings. The molecular formula is C34H54Mg2O8P2. The van der Waals surface area contributed by atoms with Crippen LogP contribution in [-0.2, 0) is 43.6 Å². The summed E-state index contributed by atoms with van der Waals surface area (Å²) in [6, 6.07) is 6.67. The smallest absolute Gasteiger partial charge is 0.809 e. The molecule has 0 saturated carbocycles. The largest absolute Gasteiger partial charge is 2.00 e. The predicted octanol–water partition coefficient (Wildman–Crippen LogP) is 4.74. The molecule has 2 aromatic carbocycles. The normalized spacial score (nSPS) is 14.3. The molecule has 12 heteroatoms. The van der Waals surface area contributed by atoms with Crippen molar-refractivity contribution in [1.82, 2.24) is 0 Å². The molecule has 0 aliphatic heterocycles. The Kier molecular flexibility index (Phi) is 17.8. The summed E-state index contributed by atoms with van der Waals surface area (Å²) in [4.78, 5) is 44.9. The van der Waals surface area contributed by atoms with Gasteiger partial charge in [0.05, 0.1) is 0 Å². The fourth-order valence-electron chi connectivity index (χ4n) is 5.49. The SMILES string of the molecule is CCc1c(C(C)(C)C)cc(C(O)P(=O)([O-])[O-])cc1C(C)(C)C.CCc1c(C(C)(C)C)cc(C(O)P(=O)([O-])[O-])cc1C(C)(C)C.[Mg+2].[Mg+2]. The Morgan fingerprint density at radius 3 is 0.804 bits per heavy atom. The summed E-state index contributed by atoms with van der Waals surface area (Å²) in [7, 11) is -10.2. The molecule has 46 heavy (non-hydrogen) atoms. The summed E-state index contributed by atoms with van der Waals surface area (Å²) < 4.78 is 22.5. The van der Waals surface area contributed by atoms with E-state index < -0.39 is 26.9 Å². The Bertz CT molecular complexity index is 1220. The monoisotopic (exact) mass is 700 g/mol. The van der Waals surface area contributed by atoms with Crippen molar-refractivity contribution in [2.24, 2.45) is 0 Å². The van der Waals surface area contributed by atoms with E-state index in [1.54, 1.807) is 24.3 Å². The minimum atomic E-state index is -5.09. The van der Waals surface area contributed by atoms with Crippen LogP contribution < -0.4 is 19.6 Å². The van der Waals surface area contributed by atoms with Crippen LogP contribution in [0.4, 0.5) is 0 Å². The summed E-state index contributed by atoms with van der Waals surface area (Å²) in [5, 5.41) is 19.8. The van der Waals surface area contributed by atoms with E-state index in [1.807, 2.05) is 83.1 Å². The summed E-state index contributed by atoms with van der Waals surface area (Å²) in [6.07, 6.45) is 1.62. The molecule has 252 valence electrons. The predicted molar refractivity (Wildman–Crippen MR) is 183 cm³/mol. The van der Waals surface area contributed by atoms with Crippen molar-refractivity contribution in [3.8, 4) is 0 Å². The molecule has 2 atom stereocenters. The Balaban J connectivity index is 0. The number of aliphatic hydroxyl groups excluding tert-OH is 2. The third-order valence-electron chi connectivity index (χ3n) is 7.68. The minimum Gasteiger partial charge on any atom is -0.809 e. The fourth-order valence-corrected chi connectivity index (χ4v) is 6.52. The first-order valence-electron chi connectivity index (χ1n) is 15.1. The summed E-state index contributed by atoms with van der Waals surface area (Å²) in [5.74, 6) is -4.00. The van der Waals surface area contributed by atoms with Gasteiger partial charge in [0.1, 0.15) is 11.7 Å². The Labute approximate surface area is 310 Å². The second kappa shape index (κ2) is 16.9. The van der Waals surface area contributed by atoms with E-state index in [0.717, 1.165) is 46.2 Å². The maximum Gasteiger partial charge on any atom is 2.00 e. The van der Waals surface area contributed by atoms with Gasteiger partial charge >= 0.3 is 46.1 Å². The molecule has 2 rings (SSSR count). The summed E-state index contributed by atoms with van der Waals surface area (Å²) in [6.45, 7) is 28.6. The fraction of sp³-hybridized carbons (Fsp3) is 0.647. The second-order valence-electron chi connectivity index (χ2n) is 15.7. The van der Waals surface area contributed by atoms with E-state index in [-0.39, 0.29) is 78.9 Å². The van der Waals surface area contributed by atoms with Gasteiger partial charge in [-0.25, -0.2) is 0 Å². The van der Waals surface area contributed by atoms with E-state index in [4.69, 9.17) is 0 Å². The van der Waals surface area contributed by atoms with Crippen LogP contribution in [0.5, 0.6) is 0 Å². The van der Waals surface area contributed by atoms with Crippen LogP contribution in [0.25, 0.3) is 0 Å². The van der Waals surface area contributed by atoms with Crippen LogP contribution in [0, 0.1) is 0 Å². The van der Waals surface area contributed by atoms with Crippen molar-refractivity contribution in [3.63, 3.8) is 0 Å². The molecule has 0 heterocycles. The van der Waals surface area contributed by atoms with Gasteiger partial charge in [0.25, 0.3) is 0 Å². The van der Waals surface area contributed by atoms with Gasteiger partial charge in [0.15, 0.2) is 0 Å². The van der Waals surface area contributed by atoms with Crippen molar-refractivity contribution in [2.75, 3.05) is 0 Å². The zero-order valence-corrected chi connectivity index (χ0v) is 35.1. The molecule has 0 bridgehead atoms. The molecule has 0 aliphatic rings. The van der Waals surface area contributed by atoms with Crippen LogP contribution in [-0.4, -0.2) is 56.3 Å². The number of benzene rings is 2. The molecule has 0 radical (unpaired) electrons. The van der Waals surface area contributed by atoms with Gasteiger partial charge in [-0.15, -0.1) is 0 Å². The molecule has 0 aromatic heterocycles. The molecule has 0 amide bonds. The van der Waals surface area contributed by atoms with Gasteiger partial charge in [0.2, 0.25) is 0 Å². The summed E-state index contributed by atoms with van der Waals surface area (Å²) in [5.41, 5.74) is 5.71. The molecule has 0 saturated heterocycles. The van der Waals surface area contributed by atoms with Crippen molar-refractivity contribution >= 4 is 61.3 Å². The number of hydrogen-bond donors (Lipinski definition) is 2. The van der Waals surface area contributed by atoms with E-state index >= 15 is 0 Å². The Hall–Kier alpha value is 0.192. The van der Waals surface area contributed by atoms with Gasteiger partial charge in [-0.1, -0.05) is 121 Å². The van der Waals surface area contributed by atoms with Gasteiger partial charge in [0, 0.05) is 0 Å². The van der Waals surface area contributed by atoms with Crippen LogP contribution in [0.1, 0.15) is 153 Å². The standard InChI is InChI=1S/2C17H29O4P.2Mg/c2*1-8-12-13(16(2,3)4)9-11(15(18)22(19,20)21)10-14(12)17(5,6)7;;/h2*9-10,15,18H,8H2,1-7H3,(H2,19,20,21);;/q;;2*+2/p-4. The quantitative estimate of drug-likeness (QED) is 0.322. The Morgan fingerprint density at radius 2 is 0.696 bits per heavy atom. The van der Waals surface area contributed by atoms with Gasteiger partial charge in [-0.2, -0.15) is 0 Å². The van der Waals surface area contributed by atoms with E-state index in [1.165, 1.54) is 0 Å². The van der Waals surface area contributed by atoms with Crippen molar-refractivity contribution in [2.45, 2.75) is 143 Å². The molecule has 8 nitrogen and oxygen atoms in total. The Morgan fingerprint density at radius 1 is 0.522 bits per heavy atom. The van der Waals surface area contributed by atoms with Crippen LogP contribution in [0.15, 0.2) is 24.3 Å². The van der Waals surface area contributed by atoms with Crippen LogP contribution in [0.2, 0.25) is 0 Å². The van der Waals surface area contributed by atoms with Crippen molar-refractivity contribution in [3.05, 3.63) is 68.8 Å². The van der Waals surface area contributed by atoms with Gasteiger partial charge in [-0.05, 0) is 94.2 Å². The van der Waals surface area contributed by atoms with E-state index in [0.29, 0.717) is 0 Å². The molecule has 2 unspecified atom stereocenters. The maximum atomic E-state index is 11.2. The number of hydrogen-bond acceptors (Lipinski definition) is 8. The molecule has 2 N–H and O–H groups in total. The van der Waals surface area contributed by atoms with Crippen LogP contribution in [0.3, 0.4) is 0 Å². The van der Waals surface area contributed by atoms with Crippen molar-refractivity contribution in [1.29, 1.82) is 0 Å². The number of rotatable bonds is 6. The average molecular weight is 701 g/mol. The molecule has 0 aliphatic carbocycles. The van der Waals surface area contributed by atoms with Gasteiger partial charge in [-0.3, -0.25) is 0 Å². The topological polar surface area (TPSA) is 167 Å². The van der Waals surface area contributed by atoms with E-state index in [2.05, 4.69) is 13.8 Å². The second-order valence-corrected chi connectivity index (χ2v) is 18.9. The van der Waals surface area contributed by atoms with E-state index in [9.17, 15) is 38.9 Å². The van der Waals surface area contributed by atoms with Crippen molar-refractivity contribution < 1.29 is 38.9 Å². The zero-order chi connectivity index (χ0) is 35.0. The molecule has 0 fully saturated rings. The number of aliphatic hydroxyl groups is 2. The zero-order valence-electron chi connectivity index (χ0n) is 30.5.